The number of hydrogen-bond acceptors (Lipinski definition) is 4. The Hall–Kier alpha value is -1.90. The molecule has 0 saturated carbocycles. The minimum absolute atomic E-state index is 0.0210. The second kappa shape index (κ2) is 8.81. The SMILES string of the molecule is Cc1ccc(N(CCC#N)C(=O)C(C)N2CCCC(CO)C2)cc1. The van der Waals surface area contributed by atoms with Crippen LogP contribution in [-0.4, -0.2) is 48.2 Å². The zero-order chi connectivity index (χ0) is 17.5. The van der Waals surface area contributed by atoms with Crippen molar-refractivity contribution in [3.63, 3.8) is 0 Å². The van der Waals surface area contributed by atoms with Gasteiger partial charge >= 0.3 is 0 Å². The van der Waals surface area contributed by atoms with E-state index in [9.17, 15) is 9.90 Å². The molecule has 5 heteroatoms. The molecular formula is C19H27N3O2. The number of piperidine rings is 1. The Balaban J connectivity index is 2.14. The molecule has 1 fully saturated rings. The van der Waals surface area contributed by atoms with Gasteiger partial charge in [0.1, 0.15) is 0 Å². The maximum absolute atomic E-state index is 13.0. The van der Waals surface area contributed by atoms with Gasteiger partial charge in [0.15, 0.2) is 0 Å². The number of hydrogen-bond donors (Lipinski definition) is 1. The predicted octanol–water partition coefficient (Wildman–Crippen LogP) is 2.33. The third kappa shape index (κ3) is 4.56. The number of amides is 1. The molecule has 5 nitrogen and oxygen atoms in total. The van der Waals surface area contributed by atoms with E-state index < -0.39 is 0 Å². The minimum Gasteiger partial charge on any atom is -0.396 e. The van der Waals surface area contributed by atoms with E-state index in [1.165, 1.54) is 0 Å². The molecule has 0 aliphatic carbocycles. The van der Waals surface area contributed by atoms with Gasteiger partial charge in [-0.05, 0) is 51.3 Å². The molecule has 2 atom stereocenters. The van der Waals surface area contributed by atoms with Crippen LogP contribution in [0.15, 0.2) is 24.3 Å². The molecule has 0 spiro atoms. The molecule has 24 heavy (non-hydrogen) atoms. The average molecular weight is 329 g/mol. The first kappa shape index (κ1) is 18.4. The highest BCUT2D eigenvalue weighted by Crippen LogP contribution is 2.22. The Bertz CT molecular complexity index is 579. The van der Waals surface area contributed by atoms with Crippen molar-refractivity contribution in [2.45, 2.75) is 39.2 Å². The van der Waals surface area contributed by atoms with Crippen LogP contribution in [0.25, 0.3) is 0 Å². The fraction of sp³-hybridized carbons (Fsp3) is 0.579. The van der Waals surface area contributed by atoms with Gasteiger partial charge in [-0.25, -0.2) is 0 Å². The molecule has 2 rings (SSSR count). The fourth-order valence-corrected chi connectivity index (χ4v) is 3.23. The Morgan fingerprint density at radius 1 is 1.46 bits per heavy atom. The van der Waals surface area contributed by atoms with E-state index in [0.29, 0.717) is 13.0 Å². The lowest BCUT2D eigenvalue weighted by atomic mass is 9.97. The van der Waals surface area contributed by atoms with E-state index in [0.717, 1.165) is 37.2 Å². The van der Waals surface area contributed by atoms with Crippen LogP contribution in [0.2, 0.25) is 0 Å². The van der Waals surface area contributed by atoms with E-state index in [1.807, 2.05) is 38.1 Å². The van der Waals surface area contributed by atoms with Gasteiger partial charge in [0, 0.05) is 25.4 Å². The number of aliphatic hydroxyl groups excluding tert-OH is 1. The summed E-state index contributed by atoms with van der Waals surface area (Å²) >= 11 is 0. The molecule has 0 bridgehead atoms. The molecule has 1 aliphatic heterocycles. The van der Waals surface area contributed by atoms with E-state index in [2.05, 4.69) is 11.0 Å². The maximum Gasteiger partial charge on any atom is 0.244 e. The molecule has 1 amide bonds. The molecule has 1 aromatic rings. The highest BCUT2D eigenvalue weighted by molar-refractivity contribution is 5.97. The highest BCUT2D eigenvalue weighted by atomic mass is 16.3. The van der Waals surface area contributed by atoms with Crippen LogP contribution in [0.3, 0.4) is 0 Å². The lowest BCUT2D eigenvalue weighted by molar-refractivity contribution is -0.124. The Morgan fingerprint density at radius 3 is 2.79 bits per heavy atom. The van der Waals surface area contributed by atoms with E-state index >= 15 is 0 Å². The second-order valence-corrected chi connectivity index (χ2v) is 6.60. The van der Waals surface area contributed by atoms with Gasteiger partial charge in [0.25, 0.3) is 0 Å². The van der Waals surface area contributed by atoms with Crippen LogP contribution in [0.1, 0.15) is 31.7 Å². The van der Waals surface area contributed by atoms with Crippen molar-refractivity contribution in [3.05, 3.63) is 29.8 Å². The molecule has 1 N–H and O–H groups in total. The van der Waals surface area contributed by atoms with Gasteiger partial charge in [0.2, 0.25) is 5.91 Å². The van der Waals surface area contributed by atoms with Crippen molar-refractivity contribution < 1.29 is 9.90 Å². The number of nitrogens with zero attached hydrogens (tertiary/aromatic N) is 3. The lowest BCUT2D eigenvalue weighted by Crippen LogP contribution is -2.51. The average Bonchev–Trinajstić information content (AvgIpc) is 2.62. The lowest BCUT2D eigenvalue weighted by Gasteiger charge is -2.37. The number of aryl methyl sites for hydroxylation is 1. The predicted molar refractivity (Wildman–Crippen MR) is 94.6 cm³/mol. The zero-order valence-electron chi connectivity index (χ0n) is 14.6. The highest BCUT2D eigenvalue weighted by Gasteiger charge is 2.30. The third-order valence-electron chi connectivity index (χ3n) is 4.77. The van der Waals surface area contributed by atoms with Crippen LogP contribution in [0, 0.1) is 24.2 Å². The van der Waals surface area contributed by atoms with Gasteiger partial charge in [-0.15, -0.1) is 0 Å². The number of carbonyl (C=O) groups excluding carboxylic acids is 1. The van der Waals surface area contributed by atoms with Crippen LogP contribution in [0.4, 0.5) is 5.69 Å². The molecule has 130 valence electrons. The van der Waals surface area contributed by atoms with Crippen molar-refractivity contribution in [2.24, 2.45) is 5.92 Å². The van der Waals surface area contributed by atoms with Crippen molar-refractivity contribution in [2.75, 3.05) is 31.1 Å². The van der Waals surface area contributed by atoms with Gasteiger partial charge in [-0.3, -0.25) is 9.69 Å². The van der Waals surface area contributed by atoms with Crippen molar-refractivity contribution >= 4 is 11.6 Å². The summed E-state index contributed by atoms with van der Waals surface area (Å²) in [7, 11) is 0. The molecule has 1 heterocycles. The number of likely N-dealkylation sites (tertiary alicyclic amines) is 1. The molecular weight excluding hydrogens is 302 g/mol. The molecule has 1 aromatic carbocycles. The fourth-order valence-electron chi connectivity index (χ4n) is 3.23. The summed E-state index contributed by atoms with van der Waals surface area (Å²) in [5, 5.41) is 18.3. The minimum atomic E-state index is -0.251. The zero-order valence-corrected chi connectivity index (χ0v) is 14.6. The molecule has 0 aromatic heterocycles. The van der Waals surface area contributed by atoms with Gasteiger partial charge < -0.3 is 10.0 Å². The Kier molecular flexibility index (Phi) is 6.77. The van der Waals surface area contributed by atoms with Crippen LogP contribution in [0.5, 0.6) is 0 Å². The van der Waals surface area contributed by atoms with Gasteiger partial charge in [0.05, 0.1) is 18.5 Å². The number of rotatable bonds is 6. The van der Waals surface area contributed by atoms with Crippen LogP contribution >= 0.6 is 0 Å². The Morgan fingerprint density at radius 2 is 2.17 bits per heavy atom. The number of aliphatic hydroxyl groups is 1. The largest absolute Gasteiger partial charge is 0.396 e. The number of benzene rings is 1. The molecule has 1 saturated heterocycles. The monoisotopic (exact) mass is 329 g/mol. The summed E-state index contributed by atoms with van der Waals surface area (Å²) in [6.07, 6.45) is 2.33. The number of anilines is 1. The van der Waals surface area contributed by atoms with Crippen molar-refractivity contribution in [1.82, 2.24) is 4.90 Å². The first-order valence-electron chi connectivity index (χ1n) is 8.66. The Labute approximate surface area is 144 Å². The van der Waals surface area contributed by atoms with Crippen molar-refractivity contribution in [3.8, 4) is 6.07 Å². The summed E-state index contributed by atoms with van der Waals surface area (Å²) in [4.78, 5) is 16.9. The van der Waals surface area contributed by atoms with E-state index in [1.54, 1.807) is 4.90 Å². The quantitative estimate of drug-likeness (QED) is 0.870. The second-order valence-electron chi connectivity index (χ2n) is 6.60. The van der Waals surface area contributed by atoms with E-state index in [-0.39, 0.29) is 24.5 Å². The topological polar surface area (TPSA) is 67.6 Å². The normalized spacial score (nSPS) is 19.5. The number of nitriles is 1. The van der Waals surface area contributed by atoms with Gasteiger partial charge in [-0.2, -0.15) is 5.26 Å². The van der Waals surface area contributed by atoms with Crippen LogP contribution < -0.4 is 4.90 Å². The smallest absolute Gasteiger partial charge is 0.244 e. The van der Waals surface area contributed by atoms with Crippen LogP contribution in [-0.2, 0) is 4.79 Å². The summed E-state index contributed by atoms with van der Waals surface area (Å²) in [5.41, 5.74) is 1.98. The summed E-state index contributed by atoms with van der Waals surface area (Å²) in [6, 6.07) is 9.71. The van der Waals surface area contributed by atoms with Gasteiger partial charge in [-0.1, -0.05) is 17.7 Å². The first-order valence-corrected chi connectivity index (χ1v) is 8.66. The summed E-state index contributed by atoms with van der Waals surface area (Å²) in [6.45, 7) is 6.15. The molecule has 2 unspecified atom stereocenters. The maximum atomic E-state index is 13.0. The third-order valence-corrected chi connectivity index (χ3v) is 4.77. The van der Waals surface area contributed by atoms with E-state index in [4.69, 9.17) is 5.26 Å². The number of carbonyl (C=O) groups is 1. The standard InChI is InChI=1S/C19H27N3O2/c1-15-6-8-18(9-7-15)22(12-4-10-20)19(24)16(2)21-11-3-5-17(13-21)14-23/h6-9,16-17,23H,3-5,11-14H2,1-2H3. The molecule has 1 aliphatic rings. The van der Waals surface area contributed by atoms with Crippen molar-refractivity contribution in [1.29, 1.82) is 5.26 Å². The summed E-state index contributed by atoms with van der Waals surface area (Å²) in [5.74, 6) is 0.272. The first-order chi connectivity index (χ1) is 11.6. The summed E-state index contributed by atoms with van der Waals surface area (Å²) < 4.78 is 0. The molecule has 0 radical (unpaired) electrons.